The number of benzene rings is 1. The lowest BCUT2D eigenvalue weighted by molar-refractivity contribution is 0.178. The Balaban J connectivity index is 1.98. The van der Waals surface area contributed by atoms with Crippen molar-refractivity contribution >= 4 is 17.4 Å². The molecule has 2 heterocycles. The predicted octanol–water partition coefficient (Wildman–Crippen LogP) is 3.42. The van der Waals surface area contributed by atoms with Gasteiger partial charge in [-0.25, -0.2) is 9.78 Å². The fourth-order valence-corrected chi connectivity index (χ4v) is 2.40. The van der Waals surface area contributed by atoms with Crippen LogP contribution in [0.2, 0.25) is 0 Å². The van der Waals surface area contributed by atoms with Crippen LogP contribution in [0.3, 0.4) is 0 Å². The highest BCUT2D eigenvalue weighted by Gasteiger charge is 2.17. The van der Waals surface area contributed by atoms with Gasteiger partial charge in [0, 0.05) is 24.2 Å². The van der Waals surface area contributed by atoms with Crippen LogP contribution in [0, 0.1) is 6.92 Å². The molecule has 0 fully saturated rings. The largest absolute Gasteiger partial charge is 0.452 e. The van der Waals surface area contributed by atoms with Crippen molar-refractivity contribution in [2.24, 2.45) is 0 Å². The number of fused-ring (bicyclic) bond motifs is 1. The Labute approximate surface area is 128 Å². The van der Waals surface area contributed by atoms with Crippen LogP contribution >= 0.6 is 0 Å². The molecule has 3 aromatic rings. The SMILES string of the molecule is COC(=O)N(Cc1ccccc1)c1ccn2c(C)cnc2c1. The topological polar surface area (TPSA) is 46.8 Å². The fraction of sp³-hybridized carbons (Fsp3) is 0.176. The van der Waals surface area contributed by atoms with E-state index in [-0.39, 0.29) is 0 Å². The van der Waals surface area contributed by atoms with E-state index >= 15 is 0 Å². The number of pyridine rings is 1. The van der Waals surface area contributed by atoms with E-state index in [9.17, 15) is 4.79 Å². The second kappa shape index (κ2) is 5.89. The van der Waals surface area contributed by atoms with Crippen LogP contribution in [-0.4, -0.2) is 22.6 Å². The van der Waals surface area contributed by atoms with Crippen molar-refractivity contribution in [3.05, 3.63) is 66.1 Å². The van der Waals surface area contributed by atoms with Gasteiger partial charge in [0.25, 0.3) is 0 Å². The number of imidazole rings is 1. The monoisotopic (exact) mass is 295 g/mol. The molecule has 0 saturated carbocycles. The summed E-state index contributed by atoms with van der Waals surface area (Å²) >= 11 is 0. The summed E-state index contributed by atoms with van der Waals surface area (Å²) in [5.41, 5.74) is 3.65. The van der Waals surface area contributed by atoms with Crippen molar-refractivity contribution in [3.63, 3.8) is 0 Å². The number of rotatable bonds is 3. The zero-order chi connectivity index (χ0) is 15.5. The summed E-state index contributed by atoms with van der Waals surface area (Å²) in [6.07, 6.45) is 3.32. The van der Waals surface area contributed by atoms with Gasteiger partial charge in [-0.15, -0.1) is 0 Å². The molecule has 0 spiro atoms. The van der Waals surface area contributed by atoms with Crippen molar-refractivity contribution in [1.29, 1.82) is 0 Å². The van der Waals surface area contributed by atoms with Crippen LogP contribution in [0.15, 0.2) is 54.9 Å². The second-order valence-electron chi connectivity index (χ2n) is 5.05. The molecule has 1 aromatic carbocycles. The summed E-state index contributed by atoms with van der Waals surface area (Å²) in [5.74, 6) is 0. The highest BCUT2D eigenvalue weighted by Crippen LogP contribution is 2.21. The van der Waals surface area contributed by atoms with Gasteiger partial charge < -0.3 is 9.14 Å². The van der Waals surface area contributed by atoms with Gasteiger partial charge >= 0.3 is 6.09 Å². The number of aryl methyl sites for hydroxylation is 1. The zero-order valence-electron chi connectivity index (χ0n) is 12.6. The fourth-order valence-electron chi connectivity index (χ4n) is 2.40. The second-order valence-corrected chi connectivity index (χ2v) is 5.05. The van der Waals surface area contributed by atoms with Gasteiger partial charge in [0.2, 0.25) is 0 Å². The number of carbonyl (C=O) groups is 1. The Hall–Kier alpha value is -2.82. The molecule has 1 amide bonds. The molecule has 3 rings (SSSR count). The molecule has 5 heteroatoms. The van der Waals surface area contributed by atoms with Crippen LogP contribution in [0.25, 0.3) is 5.65 Å². The first-order valence-electron chi connectivity index (χ1n) is 7.02. The van der Waals surface area contributed by atoms with Crippen molar-refractivity contribution in [1.82, 2.24) is 9.38 Å². The van der Waals surface area contributed by atoms with Crippen molar-refractivity contribution < 1.29 is 9.53 Å². The first-order chi connectivity index (χ1) is 10.7. The Kier molecular flexibility index (Phi) is 3.78. The molecule has 0 bridgehead atoms. The number of anilines is 1. The third-order valence-electron chi connectivity index (χ3n) is 3.57. The van der Waals surface area contributed by atoms with E-state index in [1.54, 1.807) is 11.1 Å². The number of aromatic nitrogens is 2. The zero-order valence-corrected chi connectivity index (χ0v) is 12.6. The first-order valence-corrected chi connectivity index (χ1v) is 7.02. The number of hydrogen-bond acceptors (Lipinski definition) is 3. The molecule has 0 N–H and O–H groups in total. The van der Waals surface area contributed by atoms with E-state index in [2.05, 4.69) is 4.98 Å². The molecule has 0 aliphatic heterocycles. The van der Waals surface area contributed by atoms with Gasteiger partial charge in [0.1, 0.15) is 5.65 Å². The summed E-state index contributed by atoms with van der Waals surface area (Å²) in [5, 5.41) is 0. The molecule has 22 heavy (non-hydrogen) atoms. The first kappa shape index (κ1) is 14.1. The van der Waals surface area contributed by atoms with Crippen LogP contribution in [0.4, 0.5) is 10.5 Å². The Morgan fingerprint density at radius 3 is 2.77 bits per heavy atom. The normalized spacial score (nSPS) is 10.6. The maximum absolute atomic E-state index is 12.1. The standard InChI is InChI=1S/C17H17N3O2/c1-13-11-18-16-10-15(8-9-19(13)16)20(17(21)22-2)12-14-6-4-3-5-7-14/h3-11H,12H2,1-2H3. The molecule has 2 aromatic heterocycles. The highest BCUT2D eigenvalue weighted by molar-refractivity contribution is 5.88. The lowest BCUT2D eigenvalue weighted by Gasteiger charge is -2.21. The van der Waals surface area contributed by atoms with Gasteiger partial charge in [-0.2, -0.15) is 0 Å². The maximum atomic E-state index is 12.1. The molecule has 0 aliphatic rings. The summed E-state index contributed by atoms with van der Waals surface area (Å²) < 4.78 is 6.89. The van der Waals surface area contributed by atoms with Crippen LogP contribution in [-0.2, 0) is 11.3 Å². The molecular weight excluding hydrogens is 278 g/mol. The molecule has 112 valence electrons. The van der Waals surface area contributed by atoms with Crippen LogP contribution in [0.5, 0.6) is 0 Å². The minimum atomic E-state index is -0.392. The molecule has 0 radical (unpaired) electrons. The maximum Gasteiger partial charge on any atom is 0.414 e. The molecular formula is C17H17N3O2. The molecule has 0 aliphatic carbocycles. The number of nitrogens with zero attached hydrogens (tertiary/aromatic N) is 3. The number of ether oxygens (including phenoxy) is 1. The smallest absolute Gasteiger partial charge is 0.414 e. The number of hydrogen-bond donors (Lipinski definition) is 0. The van der Waals surface area contributed by atoms with Crippen molar-refractivity contribution in [3.8, 4) is 0 Å². The van der Waals surface area contributed by atoms with Gasteiger partial charge in [-0.05, 0) is 18.6 Å². The van der Waals surface area contributed by atoms with Gasteiger partial charge in [0.15, 0.2) is 0 Å². The van der Waals surface area contributed by atoms with E-state index in [0.29, 0.717) is 6.54 Å². The average molecular weight is 295 g/mol. The Morgan fingerprint density at radius 2 is 2.05 bits per heavy atom. The van der Waals surface area contributed by atoms with Crippen molar-refractivity contribution in [2.45, 2.75) is 13.5 Å². The minimum Gasteiger partial charge on any atom is -0.452 e. The highest BCUT2D eigenvalue weighted by atomic mass is 16.5. The van der Waals surface area contributed by atoms with E-state index in [1.807, 2.05) is 60.0 Å². The minimum absolute atomic E-state index is 0.392. The van der Waals surface area contributed by atoms with Crippen LogP contribution < -0.4 is 4.90 Å². The third kappa shape index (κ3) is 2.65. The van der Waals surface area contributed by atoms with Gasteiger partial charge in [0.05, 0.1) is 19.3 Å². The summed E-state index contributed by atoms with van der Waals surface area (Å²) in [4.78, 5) is 18.1. The van der Waals surface area contributed by atoms with Crippen LogP contribution in [0.1, 0.15) is 11.3 Å². The molecule has 5 nitrogen and oxygen atoms in total. The third-order valence-corrected chi connectivity index (χ3v) is 3.57. The number of amides is 1. The number of methoxy groups -OCH3 is 1. The Bertz CT molecular complexity index is 796. The molecule has 0 atom stereocenters. The van der Waals surface area contributed by atoms with Gasteiger partial charge in [-0.3, -0.25) is 4.90 Å². The average Bonchev–Trinajstić information content (AvgIpc) is 2.93. The van der Waals surface area contributed by atoms with E-state index in [0.717, 1.165) is 22.6 Å². The van der Waals surface area contributed by atoms with Crippen molar-refractivity contribution in [2.75, 3.05) is 12.0 Å². The summed E-state index contributed by atoms with van der Waals surface area (Å²) in [6.45, 7) is 2.44. The number of carbonyl (C=O) groups excluding carboxylic acids is 1. The van der Waals surface area contributed by atoms with Gasteiger partial charge in [-0.1, -0.05) is 30.3 Å². The lowest BCUT2D eigenvalue weighted by Crippen LogP contribution is -2.30. The van der Waals surface area contributed by atoms with E-state index in [4.69, 9.17) is 4.74 Å². The lowest BCUT2D eigenvalue weighted by atomic mass is 10.2. The quantitative estimate of drug-likeness (QED) is 0.744. The molecule has 0 saturated heterocycles. The summed E-state index contributed by atoms with van der Waals surface area (Å²) in [7, 11) is 1.39. The predicted molar refractivity (Wildman–Crippen MR) is 85.0 cm³/mol. The molecule has 0 unspecified atom stereocenters. The summed E-state index contributed by atoms with van der Waals surface area (Å²) in [6, 6.07) is 13.6. The Morgan fingerprint density at radius 1 is 1.27 bits per heavy atom. The van der Waals surface area contributed by atoms with E-state index < -0.39 is 6.09 Å². The van der Waals surface area contributed by atoms with E-state index in [1.165, 1.54) is 7.11 Å².